The summed E-state index contributed by atoms with van der Waals surface area (Å²) in [4.78, 5) is 16.7. The van der Waals surface area contributed by atoms with E-state index in [4.69, 9.17) is 55.6 Å². The van der Waals surface area contributed by atoms with Gasteiger partial charge in [0.05, 0.1) is 10.0 Å². The Morgan fingerprint density at radius 2 is 1.64 bits per heavy atom. The summed E-state index contributed by atoms with van der Waals surface area (Å²) in [6, 6.07) is 10.8. The van der Waals surface area contributed by atoms with Crippen LogP contribution >= 0.6 is 46.4 Å². The molecule has 0 bridgehead atoms. The van der Waals surface area contributed by atoms with Crippen molar-refractivity contribution in [2.75, 3.05) is 26.2 Å². The zero-order valence-corrected chi connectivity index (χ0v) is 20.3. The molecule has 0 atom stereocenters. The molecule has 0 radical (unpaired) electrons. The van der Waals surface area contributed by atoms with Crippen molar-refractivity contribution < 1.29 is 18.3 Å². The first-order valence-corrected chi connectivity index (χ1v) is 11.6. The Hall–Kier alpha value is -1.96. The molecule has 1 aliphatic heterocycles. The third kappa shape index (κ3) is 5.94. The van der Waals surface area contributed by atoms with Gasteiger partial charge >= 0.3 is 0 Å². The molecule has 10 heteroatoms. The quantitative estimate of drug-likeness (QED) is 0.361. The van der Waals surface area contributed by atoms with Crippen LogP contribution in [0.3, 0.4) is 0 Å². The molecule has 1 saturated heterocycles. The summed E-state index contributed by atoms with van der Waals surface area (Å²) in [7, 11) is 0. The summed E-state index contributed by atoms with van der Waals surface area (Å²) in [5.41, 5.74) is 0.856. The SMILES string of the molecule is O=C(c1ccc(COc2c(Cl)cc(Cl)cc2Cl)o1)N1CCN(Cc2ccc(F)cc2Cl)CC1. The molecule has 5 nitrogen and oxygen atoms in total. The maximum Gasteiger partial charge on any atom is 0.289 e. The molecule has 1 aliphatic rings. The van der Waals surface area contributed by atoms with Crippen molar-refractivity contribution in [1.82, 2.24) is 9.80 Å². The van der Waals surface area contributed by atoms with E-state index >= 15 is 0 Å². The zero-order chi connectivity index (χ0) is 23.5. The fraction of sp³-hybridized carbons (Fsp3) is 0.261. The third-order valence-corrected chi connectivity index (χ3v) is 6.39. The van der Waals surface area contributed by atoms with Crippen LogP contribution in [0.1, 0.15) is 21.9 Å². The molecule has 1 aromatic heterocycles. The van der Waals surface area contributed by atoms with E-state index in [9.17, 15) is 9.18 Å². The highest BCUT2D eigenvalue weighted by molar-refractivity contribution is 6.40. The zero-order valence-electron chi connectivity index (χ0n) is 17.3. The van der Waals surface area contributed by atoms with Crippen LogP contribution in [0.2, 0.25) is 20.1 Å². The van der Waals surface area contributed by atoms with Crippen molar-refractivity contribution in [3.8, 4) is 5.75 Å². The number of hydrogen-bond donors (Lipinski definition) is 0. The second-order valence-electron chi connectivity index (χ2n) is 7.56. The fourth-order valence-electron chi connectivity index (χ4n) is 3.54. The van der Waals surface area contributed by atoms with Gasteiger partial charge < -0.3 is 14.1 Å². The maximum atomic E-state index is 13.2. The van der Waals surface area contributed by atoms with E-state index in [1.54, 1.807) is 23.1 Å². The van der Waals surface area contributed by atoms with Gasteiger partial charge in [-0.05, 0) is 42.0 Å². The van der Waals surface area contributed by atoms with Gasteiger partial charge in [-0.15, -0.1) is 0 Å². The predicted molar refractivity (Wildman–Crippen MR) is 127 cm³/mol. The first kappa shape index (κ1) is 24.2. The van der Waals surface area contributed by atoms with Crippen molar-refractivity contribution in [1.29, 1.82) is 0 Å². The molecule has 1 fully saturated rings. The lowest BCUT2D eigenvalue weighted by atomic mass is 10.2. The van der Waals surface area contributed by atoms with E-state index in [-0.39, 0.29) is 34.1 Å². The molecule has 33 heavy (non-hydrogen) atoms. The van der Waals surface area contributed by atoms with Crippen molar-refractivity contribution >= 4 is 52.3 Å². The van der Waals surface area contributed by atoms with Gasteiger partial charge in [0.1, 0.15) is 18.2 Å². The monoisotopic (exact) mass is 530 g/mol. The molecule has 0 aliphatic carbocycles. The minimum Gasteiger partial charge on any atom is -0.483 e. The smallest absolute Gasteiger partial charge is 0.289 e. The van der Waals surface area contributed by atoms with E-state index in [1.807, 2.05) is 0 Å². The normalized spacial score (nSPS) is 14.5. The molecule has 0 N–H and O–H groups in total. The Labute approximate surface area is 210 Å². The van der Waals surface area contributed by atoms with Gasteiger partial charge in [0.2, 0.25) is 0 Å². The largest absolute Gasteiger partial charge is 0.483 e. The van der Waals surface area contributed by atoms with Crippen molar-refractivity contribution in [3.05, 3.63) is 85.5 Å². The third-order valence-electron chi connectivity index (χ3n) is 5.26. The molecule has 2 heterocycles. The standard InChI is InChI=1S/C23H19Cl4FN2O3/c24-15-9-19(26)22(20(27)10-15)32-13-17-3-4-21(33-17)23(31)30-7-5-29(6-8-30)12-14-1-2-16(28)11-18(14)25/h1-4,9-11H,5-8,12-13H2. The van der Waals surface area contributed by atoms with Crippen molar-refractivity contribution in [2.45, 2.75) is 13.2 Å². The number of halogens is 5. The molecular weight excluding hydrogens is 513 g/mol. The number of carbonyl (C=O) groups excluding carboxylic acids is 1. The summed E-state index contributed by atoms with van der Waals surface area (Å²) in [6.45, 7) is 3.08. The first-order chi connectivity index (χ1) is 15.8. The molecule has 1 amide bonds. The predicted octanol–water partition coefficient (Wildman–Crippen LogP) is 6.57. The van der Waals surface area contributed by atoms with Gasteiger partial charge in [-0.3, -0.25) is 9.69 Å². The van der Waals surface area contributed by atoms with Crippen LogP contribution in [0, 0.1) is 5.82 Å². The highest BCUT2D eigenvalue weighted by atomic mass is 35.5. The number of ether oxygens (including phenoxy) is 1. The Balaban J connectivity index is 1.31. The first-order valence-electron chi connectivity index (χ1n) is 10.1. The average molecular weight is 532 g/mol. The number of nitrogens with zero attached hydrogens (tertiary/aromatic N) is 2. The van der Waals surface area contributed by atoms with Gasteiger partial charge in [0.15, 0.2) is 11.5 Å². The number of carbonyl (C=O) groups is 1. The number of benzene rings is 2. The lowest BCUT2D eigenvalue weighted by Crippen LogP contribution is -2.48. The maximum absolute atomic E-state index is 13.2. The fourth-order valence-corrected chi connectivity index (χ4v) is 4.69. The summed E-state index contributed by atoms with van der Waals surface area (Å²) in [5, 5.41) is 1.38. The minimum absolute atomic E-state index is 0.0561. The molecule has 174 valence electrons. The Bertz CT molecular complexity index is 1140. The highest BCUT2D eigenvalue weighted by Crippen LogP contribution is 2.36. The van der Waals surface area contributed by atoms with Crippen LogP contribution in [-0.2, 0) is 13.2 Å². The molecule has 0 unspecified atom stereocenters. The summed E-state index contributed by atoms with van der Waals surface area (Å²) >= 11 is 24.3. The Morgan fingerprint density at radius 1 is 0.939 bits per heavy atom. The summed E-state index contributed by atoms with van der Waals surface area (Å²) < 4.78 is 24.6. The van der Waals surface area contributed by atoms with Gasteiger partial charge in [-0.1, -0.05) is 52.5 Å². The van der Waals surface area contributed by atoms with E-state index < -0.39 is 0 Å². The molecule has 3 aromatic rings. The minimum atomic E-state index is -0.359. The molecule has 0 spiro atoms. The second kappa shape index (κ2) is 10.5. The number of piperazine rings is 1. The average Bonchev–Trinajstić information content (AvgIpc) is 3.24. The Kier molecular flexibility index (Phi) is 7.72. The van der Waals surface area contributed by atoms with Crippen LogP contribution in [0.25, 0.3) is 0 Å². The van der Waals surface area contributed by atoms with Crippen molar-refractivity contribution in [3.63, 3.8) is 0 Å². The highest BCUT2D eigenvalue weighted by Gasteiger charge is 2.25. The van der Waals surface area contributed by atoms with Gasteiger partial charge in [-0.2, -0.15) is 0 Å². The molecule has 0 saturated carbocycles. The Morgan fingerprint density at radius 3 is 2.30 bits per heavy atom. The number of rotatable bonds is 6. The van der Waals surface area contributed by atoms with Crippen LogP contribution in [-0.4, -0.2) is 41.9 Å². The topological polar surface area (TPSA) is 45.9 Å². The van der Waals surface area contributed by atoms with Crippen LogP contribution in [0.4, 0.5) is 4.39 Å². The summed E-state index contributed by atoms with van der Waals surface area (Å²) in [6.07, 6.45) is 0. The van der Waals surface area contributed by atoms with Crippen LogP contribution < -0.4 is 4.74 Å². The van der Waals surface area contributed by atoms with Crippen molar-refractivity contribution in [2.24, 2.45) is 0 Å². The van der Waals surface area contributed by atoms with Crippen LogP contribution in [0.5, 0.6) is 5.75 Å². The molecule has 4 rings (SSSR count). The summed E-state index contributed by atoms with van der Waals surface area (Å²) in [5.74, 6) is 0.441. The number of furan rings is 1. The van der Waals surface area contributed by atoms with Gasteiger partial charge in [0.25, 0.3) is 5.91 Å². The molecule has 2 aromatic carbocycles. The van der Waals surface area contributed by atoms with Crippen LogP contribution in [0.15, 0.2) is 46.9 Å². The lowest BCUT2D eigenvalue weighted by Gasteiger charge is -2.34. The molecular formula is C23H19Cl4FN2O3. The van der Waals surface area contributed by atoms with E-state index in [0.29, 0.717) is 54.3 Å². The van der Waals surface area contributed by atoms with Gasteiger partial charge in [0, 0.05) is 42.8 Å². The van der Waals surface area contributed by atoms with Gasteiger partial charge in [-0.25, -0.2) is 4.39 Å². The lowest BCUT2D eigenvalue weighted by molar-refractivity contribution is 0.0594. The number of hydrogen-bond acceptors (Lipinski definition) is 4. The second-order valence-corrected chi connectivity index (χ2v) is 9.22. The van der Waals surface area contributed by atoms with E-state index in [2.05, 4.69) is 4.90 Å². The van der Waals surface area contributed by atoms with E-state index in [1.165, 1.54) is 24.3 Å². The van der Waals surface area contributed by atoms with E-state index in [0.717, 1.165) is 5.56 Å². The number of amides is 1.